The molecule has 0 unspecified atom stereocenters. The number of benzene rings is 2. The summed E-state index contributed by atoms with van der Waals surface area (Å²) in [6, 6.07) is 17.5. The molecule has 6 nitrogen and oxygen atoms in total. The summed E-state index contributed by atoms with van der Waals surface area (Å²) in [4.78, 5) is 14.8. The van der Waals surface area contributed by atoms with Crippen LogP contribution in [0.25, 0.3) is 11.3 Å². The van der Waals surface area contributed by atoms with Crippen LogP contribution in [0.5, 0.6) is 5.75 Å². The Bertz CT molecular complexity index is 922. The Hall–Kier alpha value is -3.12. The van der Waals surface area contributed by atoms with Gasteiger partial charge in [-0.05, 0) is 41.5 Å². The van der Waals surface area contributed by atoms with Gasteiger partial charge in [-0.25, -0.2) is 0 Å². The van der Waals surface area contributed by atoms with Crippen LogP contribution in [0.3, 0.4) is 0 Å². The quantitative estimate of drug-likeness (QED) is 0.742. The van der Waals surface area contributed by atoms with Crippen LogP contribution in [-0.4, -0.2) is 53.9 Å². The van der Waals surface area contributed by atoms with Crippen LogP contribution >= 0.6 is 0 Å². The molecule has 1 amide bonds. The molecule has 1 saturated heterocycles. The molecule has 0 saturated carbocycles. The van der Waals surface area contributed by atoms with Gasteiger partial charge in [0.15, 0.2) is 0 Å². The number of hydrogen-bond donors (Lipinski definition) is 1. The summed E-state index contributed by atoms with van der Waals surface area (Å²) >= 11 is 0. The van der Waals surface area contributed by atoms with Crippen molar-refractivity contribution in [2.75, 3.05) is 26.8 Å². The van der Waals surface area contributed by atoms with Crippen molar-refractivity contribution in [2.45, 2.75) is 12.5 Å². The van der Waals surface area contributed by atoms with Crippen molar-refractivity contribution in [1.29, 1.82) is 0 Å². The average molecular weight is 377 g/mol. The zero-order chi connectivity index (χ0) is 19.3. The Morgan fingerprint density at radius 1 is 1.25 bits per heavy atom. The van der Waals surface area contributed by atoms with E-state index in [1.807, 2.05) is 53.4 Å². The fourth-order valence-corrected chi connectivity index (χ4v) is 3.48. The van der Waals surface area contributed by atoms with Crippen LogP contribution in [0.1, 0.15) is 15.9 Å². The number of amides is 1. The number of hydrogen-bond acceptors (Lipinski definition) is 4. The van der Waals surface area contributed by atoms with E-state index in [0.717, 1.165) is 29.0 Å². The summed E-state index contributed by atoms with van der Waals surface area (Å²) in [5.74, 6) is 0.869. The zero-order valence-corrected chi connectivity index (χ0v) is 15.8. The van der Waals surface area contributed by atoms with E-state index in [9.17, 15) is 4.79 Å². The van der Waals surface area contributed by atoms with Crippen LogP contribution in [0.2, 0.25) is 0 Å². The highest BCUT2D eigenvalue weighted by Gasteiger charge is 2.25. The molecule has 6 heteroatoms. The second kappa shape index (κ2) is 8.27. The van der Waals surface area contributed by atoms with Gasteiger partial charge >= 0.3 is 0 Å². The Morgan fingerprint density at radius 2 is 2.11 bits per heavy atom. The first-order valence-corrected chi connectivity index (χ1v) is 9.36. The standard InChI is InChI=1S/C22H23N3O3/c1-27-19-4-2-3-16(13-19)14-20-15-25(11-12-28-20)22(26)18-7-5-17(6-8-18)21-9-10-23-24-21/h2-10,13,20H,11-12,14-15H2,1H3,(H,23,24)/t20-/m1/s1. The topological polar surface area (TPSA) is 67.5 Å². The van der Waals surface area contributed by atoms with Crippen molar-refractivity contribution >= 4 is 5.91 Å². The van der Waals surface area contributed by atoms with E-state index in [1.54, 1.807) is 13.3 Å². The van der Waals surface area contributed by atoms with Crippen molar-refractivity contribution < 1.29 is 14.3 Å². The summed E-state index contributed by atoms with van der Waals surface area (Å²) in [6.07, 6.45) is 2.44. The predicted molar refractivity (Wildman–Crippen MR) is 106 cm³/mol. The van der Waals surface area contributed by atoms with Gasteiger partial charge < -0.3 is 14.4 Å². The first-order valence-electron chi connectivity index (χ1n) is 9.36. The van der Waals surface area contributed by atoms with E-state index in [2.05, 4.69) is 16.3 Å². The van der Waals surface area contributed by atoms with Crippen molar-refractivity contribution in [3.8, 4) is 17.0 Å². The molecule has 2 heterocycles. The van der Waals surface area contributed by atoms with Gasteiger partial charge in [-0.15, -0.1) is 0 Å². The monoisotopic (exact) mass is 377 g/mol. The zero-order valence-electron chi connectivity index (χ0n) is 15.8. The molecule has 1 aliphatic rings. The Kier molecular flexibility index (Phi) is 5.39. The van der Waals surface area contributed by atoms with Gasteiger partial charge in [-0.3, -0.25) is 9.89 Å². The lowest BCUT2D eigenvalue weighted by molar-refractivity contribution is -0.0208. The largest absolute Gasteiger partial charge is 0.497 e. The molecule has 1 atom stereocenters. The third-order valence-corrected chi connectivity index (χ3v) is 4.97. The summed E-state index contributed by atoms with van der Waals surface area (Å²) in [6.45, 7) is 1.74. The summed E-state index contributed by atoms with van der Waals surface area (Å²) in [7, 11) is 1.66. The maximum atomic E-state index is 12.9. The molecule has 1 aliphatic heterocycles. The molecule has 3 aromatic rings. The minimum Gasteiger partial charge on any atom is -0.497 e. The average Bonchev–Trinajstić information content (AvgIpc) is 3.29. The van der Waals surface area contributed by atoms with Gasteiger partial charge in [-0.2, -0.15) is 5.10 Å². The molecule has 0 spiro atoms. The maximum Gasteiger partial charge on any atom is 0.254 e. The summed E-state index contributed by atoms with van der Waals surface area (Å²) in [5.41, 5.74) is 3.77. The number of carbonyl (C=O) groups excluding carboxylic acids is 1. The molecule has 2 aromatic carbocycles. The van der Waals surface area contributed by atoms with Gasteiger partial charge in [0.25, 0.3) is 5.91 Å². The van der Waals surface area contributed by atoms with Crippen molar-refractivity contribution in [3.05, 3.63) is 71.9 Å². The third-order valence-electron chi connectivity index (χ3n) is 4.97. The Morgan fingerprint density at radius 3 is 2.86 bits per heavy atom. The molecular weight excluding hydrogens is 354 g/mol. The van der Waals surface area contributed by atoms with Crippen LogP contribution in [0, 0.1) is 0 Å². The highest BCUT2D eigenvalue weighted by atomic mass is 16.5. The molecule has 0 radical (unpaired) electrons. The molecule has 0 aliphatic carbocycles. The number of aromatic amines is 1. The molecule has 1 fully saturated rings. The molecule has 4 rings (SSSR count). The number of rotatable bonds is 5. The predicted octanol–water partition coefficient (Wildman–Crippen LogP) is 3.17. The number of morpholine rings is 1. The van der Waals surface area contributed by atoms with Crippen LogP contribution < -0.4 is 4.74 Å². The minimum atomic E-state index is -0.0194. The highest BCUT2D eigenvalue weighted by Crippen LogP contribution is 2.20. The number of nitrogens with one attached hydrogen (secondary N) is 1. The lowest BCUT2D eigenvalue weighted by atomic mass is 10.0. The van der Waals surface area contributed by atoms with E-state index in [4.69, 9.17) is 9.47 Å². The number of methoxy groups -OCH3 is 1. The van der Waals surface area contributed by atoms with Crippen LogP contribution in [0.15, 0.2) is 60.8 Å². The van der Waals surface area contributed by atoms with E-state index in [0.29, 0.717) is 25.3 Å². The molecule has 0 bridgehead atoms. The normalized spacial score (nSPS) is 16.8. The second-order valence-electron chi connectivity index (χ2n) is 6.85. The number of carbonyl (C=O) groups is 1. The third kappa shape index (κ3) is 4.07. The van der Waals surface area contributed by atoms with Gasteiger partial charge in [0, 0.05) is 31.3 Å². The molecule has 144 valence electrons. The second-order valence-corrected chi connectivity index (χ2v) is 6.85. The Balaban J connectivity index is 1.41. The molecular formula is C22H23N3O3. The first-order chi connectivity index (χ1) is 13.7. The molecule has 28 heavy (non-hydrogen) atoms. The van der Waals surface area contributed by atoms with Gasteiger partial charge in [-0.1, -0.05) is 24.3 Å². The number of ether oxygens (including phenoxy) is 2. The van der Waals surface area contributed by atoms with Crippen molar-refractivity contribution in [3.63, 3.8) is 0 Å². The molecule has 1 N–H and O–H groups in total. The van der Waals surface area contributed by atoms with Crippen LogP contribution in [-0.2, 0) is 11.2 Å². The number of H-pyrrole nitrogens is 1. The van der Waals surface area contributed by atoms with Gasteiger partial charge in [0.1, 0.15) is 5.75 Å². The fraction of sp³-hybridized carbons (Fsp3) is 0.273. The molecule has 1 aromatic heterocycles. The fourth-order valence-electron chi connectivity index (χ4n) is 3.48. The Labute approximate surface area is 164 Å². The van der Waals surface area contributed by atoms with Crippen molar-refractivity contribution in [2.24, 2.45) is 0 Å². The SMILES string of the molecule is COc1cccc(C[C@@H]2CN(C(=O)c3ccc(-c4ccn[nH]4)cc3)CCO2)c1. The van der Waals surface area contributed by atoms with E-state index in [-0.39, 0.29) is 12.0 Å². The van der Waals surface area contributed by atoms with Crippen LogP contribution in [0.4, 0.5) is 0 Å². The minimum absolute atomic E-state index is 0.0194. The number of nitrogens with zero attached hydrogens (tertiary/aromatic N) is 2. The van der Waals surface area contributed by atoms with E-state index in [1.165, 1.54) is 0 Å². The van der Waals surface area contributed by atoms with E-state index >= 15 is 0 Å². The summed E-state index contributed by atoms with van der Waals surface area (Å²) < 4.78 is 11.2. The van der Waals surface area contributed by atoms with Gasteiger partial charge in [0.2, 0.25) is 0 Å². The number of aromatic nitrogens is 2. The van der Waals surface area contributed by atoms with E-state index < -0.39 is 0 Å². The smallest absolute Gasteiger partial charge is 0.254 e. The first kappa shape index (κ1) is 18.3. The lowest BCUT2D eigenvalue weighted by Gasteiger charge is -2.33. The van der Waals surface area contributed by atoms with Crippen molar-refractivity contribution in [1.82, 2.24) is 15.1 Å². The highest BCUT2D eigenvalue weighted by molar-refractivity contribution is 5.94. The maximum absolute atomic E-state index is 12.9. The lowest BCUT2D eigenvalue weighted by Crippen LogP contribution is -2.46. The van der Waals surface area contributed by atoms with Gasteiger partial charge in [0.05, 0.1) is 25.5 Å². The summed E-state index contributed by atoms with van der Waals surface area (Å²) in [5, 5.41) is 6.89.